The summed E-state index contributed by atoms with van der Waals surface area (Å²) in [5.74, 6) is -2.38. The quantitative estimate of drug-likeness (QED) is 0.179. The zero-order chi connectivity index (χ0) is 32.4. The molecule has 1 saturated heterocycles. The molecule has 0 amide bonds. The SMILES string of the molecule is CC(C)c1nc(-c2ccc(F)c(NS(=O)(=O)c3c(F)cccc3F)c2)c(-c2ccnc(Nc3ccnc(N4CCOCC4)c3)n2)s1. The lowest BCUT2D eigenvalue weighted by atomic mass is 10.1. The lowest BCUT2D eigenvalue weighted by Crippen LogP contribution is -2.36. The molecule has 3 aromatic heterocycles. The second-order valence-corrected chi connectivity index (χ2v) is 13.3. The standard InChI is InChI=1S/C31H28F3N7O3S2/c1-18(2)30-39-27(19-6-7-21(32)25(16-19)40-46(42,43)29-22(33)4-3-5-23(29)34)28(45-30)24-9-11-36-31(38-24)37-20-8-10-35-26(17-20)41-12-14-44-15-13-41/h3-11,16-18,40H,12-15H2,1-2H3,(H,35,36,37,38). The fourth-order valence-corrected chi connectivity index (χ4v) is 7.03. The smallest absolute Gasteiger partial charge is 0.267 e. The van der Waals surface area contributed by atoms with Crippen molar-refractivity contribution in [3.8, 4) is 21.8 Å². The first-order valence-corrected chi connectivity index (χ1v) is 16.6. The van der Waals surface area contributed by atoms with Crippen molar-refractivity contribution in [1.82, 2.24) is 19.9 Å². The molecule has 0 saturated carbocycles. The molecule has 238 valence electrons. The number of benzene rings is 2. The Labute approximate surface area is 267 Å². The van der Waals surface area contributed by atoms with Gasteiger partial charge in [-0.25, -0.2) is 41.5 Å². The van der Waals surface area contributed by atoms with Crippen molar-refractivity contribution < 1.29 is 26.3 Å². The minimum Gasteiger partial charge on any atom is -0.378 e. The number of thiazole rings is 1. The van der Waals surface area contributed by atoms with Gasteiger partial charge < -0.3 is 15.0 Å². The molecule has 2 N–H and O–H groups in total. The molecule has 1 fully saturated rings. The second-order valence-electron chi connectivity index (χ2n) is 10.6. The van der Waals surface area contributed by atoms with Crippen LogP contribution in [0.3, 0.4) is 0 Å². The number of aromatic nitrogens is 4. The fourth-order valence-electron chi connectivity index (χ4n) is 4.77. The Morgan fingerprint density at radius 3 is 2.39 bits per heavy atom. The van der Waals surface area contributed by atoms with Crippen molar-refractivity contribution in [2.75, 3.05) is 41.2 Å². The Hall–Kier alpha value is -4.60. The van der Waals surface area contributed by atoms with Gasteiger partial charge in [-0.05, 0) is 42.5 Å². The molecule has 5 aromatic rings. The normalized spacial score (nSPS) is 13.7. The molecule has 0 unspecified atom stereocenters. The number of ether oxygens (including phenoxy) is 1. The summed E-state index contributed by atoms with van der Waals surface area (Å²) in [6.45, 7) is 6.68. The number of sulfonamides is 1. The molecular formula is C31H28F3N7O3S2. The van der Waals surface area contributed by atoms with E-state index in [9.17, 15) is 21.6 Å². The maximum absolute atomic E-state index is 14.9. The third-order valence-electron chi connectivity index (χ3n) is 7.03. The monoisotopic (exact) mass is 667 g/mol. The lowest BCUT2D eigenvalue weighted by molar-refractivity contribution is 0.122. The molecule has 4 heterocycles. The van der Waals surface area contributed by atoms with E-state index in [2.05, 4.69) is 20.2 Å². The van der Waals surface area contributed by atoms with Gasteiger partial charge in [-0.3, -0.25) is 4.72 Å². The summed E-state index contributed by atoms with van der Waals surface area (Å²) in [5, 5.41) is 3.99. The van der Waals surface area contributed by atoms with Crippen LogP contribution in [-0.2, 0) is 14.8 Å². The Kier molecular flexibility index (Phi) is 8.88. The van der Waals surface area contributed by atoms with Gasteiger partial charge in [-0.1, -0.05) is 19.9 Å². The molecule has 1 aliphatic heterocycles. The highest BCUT2D eigenvalue weighted by Gasteiger charge is 2.26. The zero-order valence-corrected chi connectivity index (χ0v) is 26.3. The van der Waals surface area contributed by atoms with Crippen molar-refractivity contribution in [2.45, 2.75) is 24.7 Å². The van der Waals surface area contributed by atoms with Crippen LogP contribution < -0.4 is 14.9 Å². The molecule has 46 heavy (non-hydrogen) atoms. The summed E-state index contributed by atoms with van der Waals surface area (Å²) >= 11 is 1.39. The van der Waals surface area contributed by atoms with E-state index in [1.807, 2.05) is 30.7 Å². The number of halogens is 3. The van der Waals surface area contributed by atoms with Crippen molar-refractivity contribution >= 4 is 44.5 Å². The van der Waals surface area contributed by atoms with Crippen LogP contribution in [0.15, 0.2) is 71.9 Å². The summed E-state index contributed by atoms with van der Waals surface area (Å²) < 4.78 is 76.8. The summed E-state index contributed by atoms with van der Waals surface area (Å²) in [7, 11) is -4.81. The minimum atomic E-state index is -4.81. The second kappa shape index (κ2) is 13.0. The van der Waals surface area contributed by atoms with E-state index in [4.69, 9.17) is 14.7 Å². The summed E-state index contributed by atoms with van der Waals surface area (Å²) in [5.41, 5.74) is 1.56. The maximum Gasteiger partial charge on any atom is 0.267 e. The molecule has 0 radical (unpaired) electrons. The number of pyridine rings is 1. The first kappa shape index (κ1) is 31.4. The van der Waals surface area contributed by atoms with E-state index in [1.165, 1.54) is 23.5 Å². The highest BCUT2D eigenvalue weighted by molar-refractivity contribution is 7.92. The van der Waals surface area contributed by atoms with Gasteiger partial charge >= 0.3 is 0 Å². The van der Waals surface area contributed by atoms with E-state index >= 15 is 0 Å². The Morgan fingerprint density at radius 2 is 1.65 bits per heavy atom. The van der Waals surface area contributed by atoms with Crippen molar-refractivity contribution in [1.29, 1.82) is 0 Å². The van der Waals surface area contributed by atoms with Gasteiger partial charge in [0.1, 0.15) is 23.3 Å². The predicted octanol–water partition coefficient (Wildman–Crippen LogP) is 6.58. The van der Waals surface area contributed by atoms with Crippen LogP contribution in [0.1, 0.15) is 24.8 Å². The van der Waals surface area contributed by atoms with E-state index in [0.29, 0.717) is 41.0 Å². The summed E-state index contributed by atoms with van der Waals surface area (Å²) in [6.07, 6.45) is 3.30. The maximum atomic E-state index is 14.9. The number of anilines is 4. The van der Waals surface area contributed by atoms with Gasteiger partial charge in [-0.15, -0.1) is 11.3 Å². The van der Waals surface area contributed by atoms with Gasteiger partial charge in [0.15, 0.2) is 4.90 Å². The van der Waals surface area contributed by atoms with Crippen LogP contribution in [0.4, 0.5) is 36.3 Å². The van der Waals surface area contributed by atoms with Crippen molar-refractivity contribution in [3.05, 3.63) is 89.5 Å². The first-order chi connectivity index (χ1) is 22.1. The van der Waals surface area contributed by atoms with Gasteiger partial charge in [0.2, 0.25) is 5.95 Å². The Bertz CT molecular complexity index is 1980. The average molecular weight is 668 g/mol. The van der Waals surface area contributed by atoms with E-state index in [-0.39, 0.29) is 5.92 Å². The van der Waals surface area contributed by atoms with Crippen LogP contribution in [0.2, 0.25) is 0 Å². The summed E-state index contributed by atoms with van der Waals surface area (Å²) in [6, 6.07) is 11.8. The number of nitrogens with one attached hydrogen (secondary N) is 2. The van der Waals surface area contributed by atoms with Crippen LogP contribution in [0.5, 0.6) is 0 Å². The number of hydrogen-bond acceptors (Lipinski definition) is 10. The molecule has 0 aliphatic carbocycles. The third-order valence-corrected chi connectivity index (χ3v) is 9.83. The van der Waals surface area contributed by atoms with Crippen LogP contribution in [-0.4, -0.2) is 54.7 Å². The van der Waals surface area contributed by atoms with Gasteiger partial charge in [0, 0.05) is 48.7 Å². The van der Waals surface area contributed by atoms with E-state index in [0.717, 1.165) is 53.9 Å². The fraction of sp³-hybridized carbons (Fsp3) is 0.226. The number of morpholine rings is 1. The van der Waals surface area contributed by atoms with Crippen LogP contribution in [0, 0.1) is 17.5 Å². The van der Waals surface area contributed by atoms with Crippen LogP contribution >= 0.6 is 11.3 Å². The highest BCUT2D eigenvalue weighted by atomic mass is 32.2. The largest absolute Gasteiger partial charge is 0.378 e. The Balaban J connectivity index is 1.33. The number of nitrogens with zero attached hydrogens (tertiary/aromatic N) is 5. The van der Waals surface area contributed by atoms with Crippen molar-refractivity contribution in [3.63, 3.8) is 0 Å². The molecule has 0 spiro atoms. The molecule has 10 nitrogen and oxygen atoms in total. The number of hydrogen-bond donors (Lipinski definition) is 2. The molecule has 0 atom stereocenters. The highest BCUT2D eigenvalue weighted by Crippen LogP contribution is 2.40. The van der Waals surface area contributed by atoms with Gasteiger partial charge in [0.25, 0.3) is 10.0 Å². The third kappa shape index (κ3) is 6.66. The molecule has 2 aromatic carbocycles. The van der Waals surface area contributed by atoms with Gasteiger partial charge in [0.05, 0.1) is 40.2 Å². The van der Waals surface area contributed by atoms with Gasteiger partial charge in [-0.2, -0.15) is 0 Å². The lowest BCUT2D eigenvalue weighted by Gasteiger charge is -2.28. The Morgan fingerprint density at radius 1 is 0.913 bits per heavy atom. The van der Waals surface area contributed by atoms with Crippen molar-refractivity contribution in [2.24, 2.45) is 0 Å². The average Bonchev–Trinajstić information content (AvgIpc) is 3.49. The van der Waals surface area contributed by atoms with E-state index < -0.39 is 38.1 Å². The predicted molar refractivity (Wildman–Crippen MR) is 170 cm³/mol. The molecule has 0 bridgehead atoms. The molecule has 15 heteroatoms. The minimum absolute atomic E-state index is 0.0369. The van der Waals surface area contributed by atoms with Crippen LogP contribution in [0.25, 0.3) is 21.8 Å². The molecule has 6 rings (SSSR count). The topological polar surface area (TPSA) is 122 Å². The summed E-state index contributed by atoms with van der Waals surface area (Å²) in [4.78, 5) is 19.9. The van der Waals surface area contributed by atoms with E-state index in [1.54, 1.807) is 18.5 Å². The molecular weight excluding hydrogens is 640 g/mol. The first-order valence-electron chi connectivity index (χ1n) is 14.3. The molecule has 1 aliphatic rings. The number of rotatable bonds is 9. The zero-order valence-electron chi connectivity index (χ0n) is 24.7.